The van der Waals surface area contributed by atoms with Gasteiger partial charge in [-0.15, -0.1) is 0 Å². The van der Waals surface area contributed by atoms with Gasteiger partial charge in [0.2, 0.25) is 5.91 Å². The molecule has 1 aliphatic rings. The second-order valence-electron chi connectivity index (χ2n) is 4.15. The molecule has 1 aliphatic heterocycles. The van der Waals surface area contributed by atoms with E-state index in [4.69, 9.17) is 11.6 Å². The lowest BCUT2D eigenvalue weighted by atomic mass is 10.0. The van der Waals surface area contributed by atoms with Gasteiger partial charge in [0.05, 0.1) is 3.92 Å². The number of nitrogens with zero attached hydrogens (tertiary/aromatic N) is 1. The number of rotatable bonds is 1. The normalized spacial score (nSPS) is 20.5. The largest absolute Gasteiger partial charge is 0.314 e. The standard InChI is InChI=1S/C13H13ClINO/c1-8-7-9(14)3-4-10(8)12-6-5-11(15)13(17)16(12)2/h3-4,6-7,11H,5H2,1-2H3. The van der Waals surface area contributed by atoms with E-state index in [1.165, 1.54) is 0 Å². The molecule has 2 rings (SSSR count). The first kappa shape index (κ1) is 12.9. The molecule has 4 heteroatoms. The highest BCUT2D eigenvalue weighted by molar-refractivity contribution is 14.1. The molecule has 1 amide bonds. The van der Waals surface area contributed by atoms with Crippen LogP contribution in [0.4, 0.5) is 0 Å². The van der Waals surface area contributed by atoms with E-state index in [-0.39, 0.29) is 9.83 Å². The van der Waals surface area contributed by atoms with Gasteiger partial charge in [0.15, 0.2) is 0 Å². The zero-order chi connectivity index (χ0) is 12.6. The third-order valence-corrected chi connectivity index (χ3v) is 4.22. The highest BCUT2D eigenvalue weighted by Gasteiger charge is 2.26. The van der Waals surface area contributed by atoms with E-state index in [1.54, 1.807) is 4.90 Å². The molecule has 0 radical (unpaired) electrons. The van der Waals surface area contributed by atoms with Crippen LogP contribution in [0.5, 0.6) is 0 Å². The monoisotopic (exact) mass is 361 g/mol. The van der Waals surface area contributed by atoms with Gasteiger partial charge >= 0.3 is 0 Å². The third kappa shape index (κ3) is 2.50. The number of hydrogen-bond acceptors (Lipinski definition) is 1. The van der Waals surface area contributed by atoms with Crippen molar-refractivity contribution in [2.24, 2.45) is 0 Å². The highest BCUT2D eigenvalue weighted by Crippen LogP contribution is 2.30. The van der Waals surface area contributed by atoms with Gasteiger partial charge in [-0.1, -0.05) is 46.3 Å². The second kappa shape index (κ2) is 4.98. The second-order valence-corrected chi connectivity index (χ2v) is 6.09. The predicted molar refractivity (Wildman–Crippen MR) is 79.4 cm³/mol. The lowest BCUT2D eigenvalue weighted by Gasteiger charge is -2.28. The first-order valence-corrected chi connectivity index (χ1v) is 7.01. The molecule has 0 bridgehead atoms. The Balaban J connectivity index is 2.43. The molecule has 0 saturated heterocycles. The summed E-state index contributed by atoms with van der Waals surface area (Å²) in [6.07, 6.45) is 2.91. The van der Waals surface area contributed by atoms with Crippen LogP contribution in [-0.2, 0) is 4.79 Å². The summed E-state index contributed by atoms with van der Waals surface area (Å²) in [6.45, 7) is 2.01. The van der Waals surface area contributed by atoms with Crippen molar-refractivity contribution in [1.82, 2.24) is 4.90 Å². The number of hydrogen-bond donors (Lipinski definition) is 0. The summed E-state index contributed by atoms with van der Waals surface area (Å²) in [4.78, 5) is 13.7. The molecule has 1 heterocycles. The summed E-state index contributed by atoms with van der Waals surface area (Å²) in [5.74, 6) is 0.164. The number of halogens is 2. The molecule has 17 heavy (non-hydrogen) atoms. The van der Waals surface area contributed by atoms with Gasteiger partial charge in [0.25, 0.3) is 0 Å². The molecule has 0 fully saturated rings. The van der Waals surface area contributed by atoms with E-state index in [1.807, 2.05) is 32.2 Å². The summed E-state index contributed by atoms with van der Waals surface area (Å²) in [7, 11) is 1.83. The maximum atomic E-state index is 11.9. The van der Waals surface area contributed by atoms with Crippen LogP contribution in [-0.4, -0.2) is 21.8 Å². The predicted octanol–water partition coefficient (Wildman–Crippen LogP) is 3.66. The Hall–Kier alpha value is -0.550. The van der Waals surface area contributed by atoms with Gasteiger partial charge in [-0.2, -0.15) is 0 Å². The molecule has 2 nitrogen and oxygen atoms in total. The molecule has 1 aromatic carbocycles. The van der Waals surface area contributed by atoms with Gasteiger partial charge in [0, 0.05) is 23.3 Å². The van der Waals surface area contributed by atoms with Gasteiger partial charge in [0.1, 0.15) is 0 Å². The van der Waals surface area contributed by atoms with Crippen molar-refractivity contribution in [1.29, 1.82) is 0 Å². The topological polar surface area (TPSA) is 20.3 Å². The van der Waals surface area contributed by atoms with E-state index in [2.05, 4.69) is 28.7 Å². The van der Waals surface area contributed by atoms with Crippen LogP contribution in [0.2, 0.25) is 5.02 Å². The zero-order valence-corrected chi connectivity index (χ0v) is 12.6. The molecule has 1 atom stereocenters. The van der Waals surface area contributed by atoms with Crippen molar-refractivity contribution in [2.45, 2.75) is 17.3 Å². The molecule has 0 spiro atoms. The first-order chi connectivity index (χ1) is 8.00. The lowest BCUT2D eigenvalue weighted by Crippen LogP contribution is -2.35. The SMILES string of the molecule is Cc1cc(Cl)ccc1C1=CCC(I)C(=O)N1C. The van der Waals surface area contributed by atoms with Crippen LogP contribution < -0.4 is 0 Å². The Morgan fingerprint density at radius 1 is 1.47 bits per heavy atom. The molecule has 0 saturated carbocycles. The Bertz CT molecular complexity index is 498. The fourth-order valence-corrected chi connectivity index (χ4v) is 2.89. The van der Waals surface area contributed by atoms with Crippen LogP contribution in [0.1, 0.15) is 17.5 Å². The number of allylic oxidation sites excluding steroid dienone is 1. The molecule has 0 N–H and O–H groups in total. The van der Waals surface area contributed by atoms with Crippen molar-refractivity contribution >= 4 is 45.8 Å². The molecule has 0 aromatic heterocycles. The van der Waals surface area contributed by atoms with Crippen molar-refractivity contribution in [3.8, 4) is 0 Å². The minimum Gasteiger partial charge on any atom is -0.314 e. The van der Waals surface area contributed by atoms with Gasteiger partial charge in [-0.25, -0.2) is 0 Å². The van der Waals surface area contributed by atoms with Crippen molar-refractivity contribution in [2.75, 3.05) is 7.05 Å². The molecule has 90 valence electrons. The molecule has 1 unspecified atom stereocenters. The van der Waals surface area contributed by atoms with Crippen LogP contribution in [0.15, 0.2) is 24.3 Å². The molecule has 1 aromatic rings. The highest BCUT2D eigenvalue weighted by atomic mass is 127. The Kier molecular flexibility index (Phi) is 3.78. The van der Waals surface area contributed by atoms with Crippen molar-refractivity contribution in [3.05, 3.63) is 40.4 Å². The van der Waals surface area contributed by atoms with Crippen LogP contribution >= 0.6 is 34.2 Å². The van der Waals surface area contributed by atoms with Gasteiger partial charge < -0.3 is 4.90 Å². The number of carbonyl (C=O) groups excluding carboxylic acids is 1. The maximum absolute atomic E-state index is 11.9. The fraction of sp³-hybridized carbons (Fsp3) is 0.308. The Labute approximate surface area is 120 Å². The quantitative estimate of drug-likeness (QED) is 0.552. The first-order valence-electron chi connectivity index (χ1n) is 5.39. The summed E-state index contributed by atoms with van der Waals surface area (Å²) in [5.41, 5.74) is 3.15. The van der Waals surface area contributed by atoms with Gasteiger partial charge in [-0.05, 0) is 31.0 Å². The average molecular weight is 362 g/mol. The third-order valence-electron chi connectivity index (χ3n) is 2.94. The maximum Gasteiger partial charge on any atom is 0.240 e. The van der Waals surface area contributed by atoms with Crippen LogP contribution in [0.3, 0.4) is 0 Å². The fourth-order valence-electron chi connectivity index (χ4n) is 1.99. The number of benzene rings is 1. The van der Waals surface area contributed by atoms with Crippen LogP contribution in [0, 0.1) is 6.92 Å². The minimum absolute atomic E-state index is 0.0500. The number of aryl methyl sites for hydroxylation is 1. The summed E-state index contributed by atoms with van der Waals surface area (Å²) < 4.78 is 0.0500. The van der Waals surface area contributed by atoms with E-state index < -0.39 is 0 Å². The molecular weight excluding hydrogens is 349 g/mol. The smallest absolute Gasteiger partial charge is 0.240 e. The molecule has 0 aliphatic carbocycles. The van der Waals surface area contributed by atoms with Crippen molar-refractivity contribution < 1.29 is 4.79 Å². The zero-order valence-electron chi connectivity index (χ0n) is 9.71. The van der Waals surface area contributed by atoms with Gasteiger partial charge in [-0.3, -0.25) is 4.79 Å². The Morgan fingerprint density at radius 3 is 2.82 bits per heavy atom. The summed E-state index contributed by atoms with van der Waals surface area (Å²) in [5, 5.41) is 0.725. The van der Waals surface area contributed by atoms with E-state index in [0.717, 1.165) is 28.3 Å². The van der Waals surface area contributed by atoms with Crippen molar-refractivity contribution in [3.63, 3.8) is 0 Å². The van der Waals surface area contributed by atoms with E-state index in [9.17, 15) is 4.79 Å². The number of alkyl halides is 1. The number of carbonyl (C=O) groups is 1. The number of amides is 1. The summed E-state index contributed by atoms with van der Waals surface area (Å²) in [6, 6.07) is 5.76. The van der Waals surface area contributed by atoms with E-state index >= 15 is 0 Å². The van der Waals surface area contributed by atoms with Crippen LogP contribution in [0.25, 0.3) is 5.70 Å². The lowest BCUT2D eigenvalue weighted by molar-refractivity contribution is -0.126. The Morgan fingerprint density at radius 2 is 2.18 bits per heavy atom. The summed E-state index contributed by atoms with van der Waals surface area (Å²) >= 11 is 8.13. The molecular formula is C13H13ClINO. The average Bonchev–Trinajstić information content (AvgIpc) is 2.28. The van der Waals surface area contributed by atoms with E-state index in [0.29, 0.717) is 0 Å². The minimum atomic E-state index is 0.0500.